The molecule has 2 nitrogen and oxygen atoms in total. The molecule has 118 valence electrons. The third-order valence-corrected chi connectivity index (χ3v) is 5.30. The molecule has 1 aliphatic rings. The number of piperazine rings is 1. The van der Waals surface area contributed by atoms with Gasteiger partial charge in [-0.15, -0.1) is 0 Å². The highest BCUT2D eigenvalue weighted by Crippen LogP contribution is 2.28. The van der Waals surface area contributed by atoms with Crippen LogP contribution < -0.4 is 5.32 Å². The van der Waals surface area contributed by atoms with Gasteiger partial charge in [0.05, 0.1) is 0 Å². The SMILES string of the molecule is CCCC1CN(Cc2ccc(C)cc2Cl)C(C)(CC)CN1. The minimum atomic E-state index is 0.221. The van der Waals surface area contributed by atoms with Gasteiger partial charge in [-0.3, -0.25) is 4.90 Å². The van der Waals surface area contributed by atoms with Gasteiger partial charge in [0.1, 0.15) is 0 Å². The van der Waals surface area contributed by atoms with Crippen LogP contribution in [-0.4, -0.2) is 29.6 Å². The Morgan fingerprint density at radius 2 is 2.14 bits per heavy atom. The summed E-state index contributed by atoms with van der Waals surface area (Å²) in [7, 11) is 0. The van der Waals surface area contributed by atoms with Gasteiger partial charge in [-0.2, -0.15) is 0 Å². The summed E-state index contributed by atoms with van der Waals surface area (Å²) in [5, 5.41) is 4.63. The monoisotopic (exact) mass is 308 g/mol. The van der Waals surface area contributed by atoms with Gasteiger partial charge in [-0.05, 0) is 43.9 Å². The molecule has 21 heavy (non-hydrogen) atoms. The van der Waals surface area contributed by atoms with Crippen LogP contribution in [-0.2, 0) is 6.54 Å². The average molecular weight is 309 g/mol. The zero-order valence-electron chi connectivity index (χ0n) is 13.9. The second kappa shape index (κ2) is 7.13. The molecule has 0 spiro atoms. The first kappa shape index (κ1) is 16.8. The van der Waals surface area contributed by atoms with Crippen molar-refractivity contribution in [1.82, 2.24) is 10.2 Å². The number of aryl methyl sites for hydroxylation is 1. The van der Waals surface area contributed by atoms with E-state index in [4.69, 9.17) is 11.6 Å². The summed E-state index contributed by atoms with van der Waals surface area (Å²) in [5.41, 5.74) is 2.70. The first-order valence-corrected chi connectivity index (χ1v) is 8.59. The van der Waals surface area contributed by atoms with Gasteiger partial charge in [0.15, 0.2) is 0 Å². The molecule has 0 saturated carbocycles. The van der Waals surface area contributed by atoms with E-state index in [0.717, 1.165) is 31.1 Å². The van der Waals surface area contributed by atoms with E-state index in [9.17, 15) is 0 Å². The molecule has 1 fully saturated rings. The quantitative estimate of drug-likeness (QED) is 0.868. The van der Waals surface area contributed by atoms with Crippen molar-refractivity contribution in [2.24, 2.45) is 0 Å². The van der Waals surface area contributed by atoms with Crippen LogP contribution in [0.4, 0.5) is 0 Å². The van der Waals surface area contributed by atoms with E-state index in [1.807, 2.05) is 0 Å². The molecule has 1 N–H and O–H groups in total. The largest absolute Gasteiger partial charge is 0.311 e. The Hall–Kier alpha value is -0.570. The van der Waals surface area contributed by atoms with E-state index in [0.29, 0.717) is 6.04 Å². The van der Waals surface area contributed by atoms with Crippen molar-refractivity contribution in [2.75, 3.05) is 13.1 Å². The maximum atomic E-state index is 6.44. The molecule has 1 aromatic carbocycles. The third kappa shape index (κ3) is 4.00. The van der Waals surface area contributed by atoms with Crippen LogP contribution in [0.3, 0.4) is 0 Å². The van der Waals surface area contributed by atoms with Gasteiger partial charge >= 0.3 is 0 Å². The van der Waals surface area contributed by atoms with E-state index < -0.39 is 0 Å². The highest BCUT2D eigenvalue weighted by Gasteiger charge is 2.36. The standard InChI is InChI=1S/C18H29ClN2/c1-5-7-16-12-21(18(4,6-2)13-20-16)11-15-9-8-14(3)10-17(15)19/h8-10,16,20H,5-7,11-13H2,1-4H3. The van der Waals surface area contributed by atoms with Crippen molar-refractivity contribution in [2.45, 2.75) is 65.1 Å². The fourth-order valence-electron chi connectivity index (χ4n) is 3.16. The average Bonchev–Trinajstić information content (AvgIpc) is 2.46. The second-order valence-corrected chi connectivity index (χ2v) is 7.10. The highest BCUT2D eigenvalue weighted by molar-refractivity contribution is 6.31. The summed E-state index contributed by atoms with van der Waals surface area (Å²) in [4.78, 5) is 2.63. The van der Waals surface area contributed by atoms with Gasteiger partial charge < -0.3 is 5.32 Å². The van der Waals surface area contributed by atoms with Crippen LogP contribution in [0.5, 0.6) is 0 Å². The lowest BCUT2D eigenvalue weighted by Crippen LogP contribution is -2.62. The van der Waals surface area contributed by atoms with E-state index in [1.165, 1.54) is 24.0 Å². The fourth-order valence-corrected chi connectivity index (χ4v) is 3.45. The topological polar surface area (TPSA) is 15.3 Å². The number of hydrogen-bond donors (Lipinski definition) is 1. The van der Waals surface area contributed by atoms with Crippen molar-refractivity contribution >= 4 is 11.6 Å². The summed E-state index contributed by atoms with van der Waals surface area (Å²) in [6.45, 7) is 12.1. The maximum Gasteiger partial charge on any atom is 0.0453 e. The van der Waals surface area contributed by atoms with E-state index in [-0.39, 0.29) is 5.54 Å². The lowest BCUT2D eigenvalue weighted by Gasteiger charge is -2.48. The third-order valence-electron chi connectivity index (χ3n) is 4.94. The van der Waals surface area contributed by atoms with Gasteiger partial charge in [0.2, 0.25) is 0 Å². The zero-order chi connectivity index (χ0) is 15.5. The first-order valence-electron chi connectivity index (χ1n) is 8.22. The molecule has 0 bridgehead atoms. The maximum absolute atomic E-state index is 6.44. The molecule has 0 amide bonds. The molecule has 0 radical (unpaired) electrons. The van der Waals surface area contributed by atoms with E-state index >= 15 is 0 Å². The number of nitrogens with zero attached hydrogens (tertiary/aromatic N) is 1. The summed E-state index contributed by atoms with van der Waals surface area (Å²) >= 11 is 6.44. The molecule has 1 aliphatic heterocycles. The van der Waals surface area contributed by atoms with Crippen molar-refractivity contribution in [3.05, 3.63) is 34.3 Å². The number of hydrogen-bond acceptors (Lipinski definition) is 2. The molecular formula is C18H29ClN2. The Bertz CT molecular complexity index is 474. The van der Waals surface area contributed by atoms with Crippen LogP contribution in [0.25, 0.3) is 0 Å². The summed E-state index contributed by atoms with van der Waals surface area (Å²) in [6, 6.07) is 7.03. The first-order chi connectivity index (χ1) is 9.98. The normalized spacial score (nSPS) is 27.0. The van der Waals surface area contributed by atoms with Crippen LogP contribution in [0, 0.1) is 6.92 Å². The molecule has 2 unspecified atom stereocenters. The van der Waals surface area contributed by atoms with Crippen LogP contribution in [0.15, 0.2) is 18.2 Å². The Kier molecular flexibility index (Phi) is 5.70. The van der Waals surface area contributed by atoms with Crippen LogP contribution >= 0.6 is 11.6 Å². The summed E-state index contributed by atoms with van der Waals surface area (Å²) in [5.74, 6) is 0. The van der Waals surface area contributed by atoms with Gasteiger partial charge in [-0.25, -0.2) is 0 Å². The number of halogens is 1. The Balaban J connectivity index is 2.16. The Morgan fingerprint density at radius 1 is 1.38 bits per heavy atom. The van der Waals surface area contributed by atoms with Gasteiger partial charge in [0.25, 0.3) is 0 Å². The molecule has 2 rings (SSSR count). The van der Waals surface area contributed by atoms with Crippen LogP contribution in [0.1, 0.15) is 51.2 Å². The molecule has 1 saturated heterocycles. The predicted octanol–water partition coefficient (Wildman–Crippen LogP) is 4.39. The number of rotatable bonds is 5. The minimum absolute atomic E-state index is 0.221. The number of benzene rings is 1. The van der Waals surface area contributed by atoms with Crippen molar-refractivity contribution < 1.29 is 0 Å². The number of nitrogens with one attached hydrogen (secondary N) is 1. The van der Waals surface area contributed by atoms with Crippen molar-refractivity contribution in [1.29, 1.82) is 0 Å². The summed E-state index contributed by atoms with van der Waals surface area (Å²) < 4.78 is 0. The van der Waals surface area contributed by atoms with Crippen molar-refractivity contribution in [3.8, 4) is 0 Å². The minimum Gasteiger partial charge on any atom is -0.311 e. The van der Waals surface area contributed by atoms with Gasteiger partial charge in [0, 0.05) is 36.2 Å². The Labute approximate surface area is 134 Å². The predicted molar refractivity (Wildman–Crippen MR) is 92.0 cm³/mol. The fraction of sp³-hybridized carbons (Fsp3) is 0.667. The zero-order valence-corrected chi connectivity index (χ0v) is 14.6. The smallest absolute Gasteiger partial charge is 0.0453 e. The molecule has 1 heterocycles. The lowest BCUT2D eigenvalue weighted by molar-refractivity contribution is 0.0397. The second-order valence-electron chi connectivity index (χ2n) is 6.69. The van der Waals surface area contributed by atoms with Gasteiger partial charge in [-0.1, -0.05) is 44.0 Å². The molecule has 0 aromatic heterocycles. The molecule has 2 atom stereocenters. The molecule has 0 aliphatic carbocycles. The molecule has 3 heteroatoms. The van der Waals surface area contributed by atoms with E-state index in [2.05, 4.69) is 56.1 Å². The van der Waals surface area contributed by atoms with Crippen LogP contribution in [0.2, 0.25) is 5.02 Å². The van der Waals surface area contributed by atoms with Crippen molar-refractivity contribution in [3.63, 3.8) is 0 Å². The molecular weight excluding hydrogens is 280 g/mol. The Morgan fingerprint density at radius 3 is 2.76 bits per heavy atom. The lowest BCUT2D eigenvalue weighted by atomic mass is 9.90. The summed E-state index contributed by atoms with van der Waals surface area (Å²) in [6.07, 6.45) is 3.64. The highest BCUT2D eigenvalue weighted by atomic mass is 35.5. The molecule has 1 aromatic rings. The van der Waals surface area contributed by atoms with E-state index in [1.54, 1.807) is 0 Å².